The van der Waals surface area contributed by atoms with Gasteiger partial charge in [-0.05, 0) is 39.0 Å². The maximum Gasteiger partial charge on any atom is 0.196 e. The Hall–Kier alpha value is -2.88. The van der Waals surface area contributed by atoms with E-state index in [0.29, 0.717) is 11.5 Å². The van der Waals surface area contributed by atoms with E-state index in [1.165, 1.54) is 13.0 Å². The number of nitriles is 1. The summed E-state index contributed by atoms with van der Waals surface area (Å²) in [4.78, 5) is 20.7. The molecule has 0 saturated heterocycles. The van der Waals surface area contributed by atoms with Gasteiger partial charge in [0.25, 0.3) is 0 Å². The molecule has 0 aliphatic carbocycles. The minimum atomic E-state index is -1.13. The number of nitrogens with zero attached hydrogens (tertiary/aromatic N) is 3. The van der Waals surface area contributed by atoms with E-state index < -0.39 is 29.4 Å². The van der Waals surface area contributed by atoms with Crippen molar-refractivity contribution in [1.29, 1.82) is 5.26 Å². The van der Waals surface area contributed by atoms with Crippen LogP contribution in [0.5, 0.6) is 5.75 Å². The van der Waals surface area contributed by atoms with Crippen molar-refractivity contribution in [3.63, 3.8) is 0 Å². The second kappa shape index (κ2) is 7.13. The van der Waals surface area contributed by atoms with Crippen LogP contribution in [0.4, 0.5) is 8.78 Å². The molecule has 2 unspecified atom stereocenters. The van der Waals surface area contributed by atoms with Crippen molar-refractivity contribution in [2.24, 2.45) is 0 Å². The predicted octanol–water partition coefficient (Wildman–Crippen LogP) is 3.02. The lowest BCUT2D eigenvalue weighted by atomic mass is 9.97. The Morgan fingerprint density at radius 3 is 2.50 bits per heavy atom. The lowest BCUT2D eigenvalue weighted by Gasteiger charge is -2.17. The minimum absolute atomic E-state index is 0.00138. The summed E-state index contributed by atoms with van der Waals surface area (Å²) in [5, 5.41) is 9.33. The summed E-state index contributed by atoms with van der Waals surface area (Å²) in [5.74, 6) is -3.30. The Morgan fingerprint density at radius 1 is 1.21 bits per heavy atom. The van der Waals surface area contributed by atoms with Gasteiger partial charge >= 0.3 is 0 Å². The average Bonchev–Trinajstić information content (AvgIpc) is 2.50. The monoisotopic (exact) mass is 331 g/mol. The summed E-state index contributed by atoms with van der Waals surface area (Å²) in [7, 11) is 0. The molecule has 2 aromatic rings. The van der Waals surface area contributed by atoms with Gasteiger partial charge in [-0.1, -0.05) is 0 Å². The number of ketones is 1. The molecule has 5 nitrogen and oxygen atoms in total. The fraction of sp³-hybridized carbons (Fsp3) is 0.294. The molecule has 124 valence electrons. The number of halogens is 2. The summed E-state index contributed by atoms with van der Waals surface area (Å²) in [6.45, 7) is 4.84. The summed E-state index contributed by atoms with van der Waals surface area (Å²) in [5.41, 5.74) is 0.924. The number of benzene rings is 1. The molecule has 1 aromatic carbocycles. The zero-order valence-electron chi connectivity index (χ0n) is 13.4. The molecule has 2 atom stereocenters. The van der Waals surface area contributed by atoms with Crippen LogP contribution in [0.15, 0.2) is 24.3 Å². The number of ether oxygens (including phenoxy) is 1. The van der Waals surface area contributed by atoms with Crippen LogP contribution in [0.2, 0.25) is 0 Å². The van der Waals surface area contributed by atoms with Gasteiger partial charge in [0.2, 0.25) is 0 Å². The second-order valence-corrected chi connectivity index (χ2v) is 5.28. The number of aromatic nitrogens is 2. The number of carbonyl (C=O) groups excluding carboxylic acids is 1. The maximum atomic E-state index is 13.2. The number of hydrogen-bond donors (Lipinski definition) is 0. The molecule has 0 aliphatic rings. The Labute approximate surface area is 137 Å². The van der Waals surface area contributed by atoms with Crippen molar-refractivity contribution in [3.05, 3.63) is 53.1 Å². The first-order valence-corrected chi connectivity index (χ1v) is 7.19. The van der Waals surface area contributed by atoms with Crippen molar-refractivity contribution in [3.8, 4) is 11.8 Å². The van der Waals surface area contributed by atoms with Crippen LogP contribution >= 0.6 is 0 Å². The number of aryl methyl sites for hydroxylation is 2. The molecule has 0 N–H and O–H groups in total. The van der Waals surface area contributed by atoms with Gasteiger partial charge in [0.15, 0.2) is 29.4 Å². The van der Waals surface area contributed by atoms with Gasteiger partial charge in [-0.2, -0.15) is 5.26 Å². The third-order valence-electron chi connectivity index (χ3n) is 3.30. The van der Waals surface area contributed by atoms with Crippen LogP contribution in [-0.4, -0.2) is 21.9 Å². The van der Waals surface area contributed by atoms with Crippen molar-refractivity contribution in [2.75, 3.05) is 0 Å². The van der Waals surface area contributed by atoms with E-state index in [1.807, 2.05) is 6.07 Å². The van der Waals surface area contributed by atoms with Crippen LogP contribution in [0.25, 0.3) is 0 Å². The van der Waals surface area contributed by atoms with Crippen LogP contribution in [0, 0.1) is 36.8 Å². The van der Waals surface area contributed by atoms with Crippen LogP contribution in [0.3, 0.4) is 0 Å². The molecule has 0 amide bonds. The number of hydrogen-bond acceptors (Lipinski definition) is 5. The maximum absolute atomic E-state index is 13.2. The van der Waals surface area contributed by atoms with Gasteiger partial charge in [0, 0.05) is 11.8 Å². The second-order valence-electron chi connectivity index (χ2n) is 5.28. The largest absolute Gasteiger partial charge is 0.483 e. The highest BCUT2D eigenvalue weighted by Crippen LogP contribution is 2.21. The average molecular weight is 331 g/mol. The Morgan fingerprint density at radius 2 is 1.92 bits per heavy atom. The van der Waals surface area contributed by atoms with E-state index in [2.05, 4.69) is 9.97 Å². The molecule has 0 bridgehead atoms. The van der Waals surface area contributed by atoms with E-state index in [0.717, 1.165) is 12.1 Å². The molecule has 1 aromatic heterocycles. The van der Waals surface area contributed by atoms with Crippen molar-refractivity contribution < 1.29 is 18.3 Å². The topological polar surface area (TPSA) is 75.9 Å². The van der Waals surface area contributed by atoms with Crippen LogP contribution < -0.4 is 4.74 Å². The highest BCUT2D eigenvalue weighted by molar-refractivity contribution is 5.91. The molecule has 2 rings (SSSR count). The fourth-order valence-corrected chi connectivity index (χ4v) is 2.22. The molecule has 1 heterocycles. The highest BCUT2D eigenvalue weighted by atomic mass is 19.2. The summed E-state index contributed by atoms with van der Waals surface area (Å²) >= 11 is 0. The van der Waals surface area contributed by atoms with Gasteiger partial charge in [-0.15, -0.1) is 0 Å². The molecule has 0 aliphatic heterocycles. The lowest BCUT2D eigenvalue weighted by Crippen LogP contribution is -2.29. The molecule has 24 heavy (non-hydrogen) atoms. The number of Topliss-reactive ketones (excluding diaryl/α,β-unsaturated/α-hetero) is 1. The van der Waals surface area contributed by atoms with Crippen molar-refractivity contribution in [1.82, 2.24) is 9.97 Å². The van der Waals surface area contributed by atoms with E-state index in [9.17, 15) is 18.8 Å². The standard InChI is InChI=1S/C17H15F2N3O2/c1-9-6-16(22-11(3)21-9)13(8-20)17(23)10(2)24-12-4-5-14(18)15(19)7-12/h4-7,10,13H,1-3H3. The number of carbonyl (C=O) groups is 1. The quantitative estimate of drug-likeness (QED) is 0.842. The Bertz CT molecular complexity index is 798. The lowest BCUT2D eigenvalue weighted by molar-refractivity contribution is -0.125. The Balaban J connectivity index is 2.21. The van der Waals surface area contributed by atoms with E-state index in [-0.39, 0.29) is 11.4 Å². The number of rotatable bonds is 5. The van der Waals surface area contributed by atoms with Crippen LogP contribution in [-0.2, 0) is 4.79 Å². The summed E-state index contributed by atoms with van der Waals surface area (Å²) < 4.78 is 31.4. The zero-order valence-corrected chi connectivity index (χ0v) is 13.4. The first kappa shape index (κ1) is 17.5. The molecular formula is C17H15F2N3O2. The molecular weight excluding hydrogens is 316 g/mol. The van der Waals surface area contributed by atoms with Gasteiger partial charge < -0.3 is 4.74 Å². The van der Waals surface area contributed by atoms with Gasteiger partial charge in [0.05, 0.1) is 11.8 Å². The van der Waals surface area contributed by atoms with Gasteiger partial charge in [-0.3, -0.25) is 4.79 Å². The van der Waals surface area contributed by atoms with Crippen molar-refractivity contribution >= 4 is 5.78 Å². The molecule has 0 saturated carbocycles. The SMILES string of the molecule is Cc1cc(C(C#N)C(=O)C(C)Oc2ccc(F)c(F)c2)nc(C)n1. The van der Waals surface area contributed by atoms with Crippen molar-refractivity contribution in [2.45, 2.75) is 32.8 Å². The van der Waals surface area contributed by atoms with Gasteiger partial charge in [0.1, 0.15) is 11.6 Å². The zero-order chi connectivity index (χ0) is 17.9. The third-order valence-corrected chi connectivity index (χ3v) is 3.30. The predicted molar refractivity (Wildman–Crippen MR) is 81.3 cm³/mol. The normalized spacial score (nSPS) is 13.0. The third kappa shape index (κ3) is 3.90. The summed E-state index contributed by atoms with van der Waals surface area (Å²) in [6, 6.07) is 6.43. The van der Waals surface area contributed by atoms with Gasteiger partial charge in [-0.25, -0.2) is 18.7 Å². The fourth-order valence-electron chi connectivity index (χ4n) is 2.22. The molecule has 7 heteroatoms. The first-order chi connectivity index (χ1) is 11.3. The Kier molecular flexibility index (Phi) is 5.19. The van der Waals surface area contributed by atoms with E-state index >= 15 is 0 Å². The first-order valence-electron chi connectivity index (χ1n) is 7.19. The molecule has 0 spiro atoms. The molecule has 0 radical (unpaired) electrons. The smallest absolute Gasteiger partial charge is 0.196 e. The molecule has 0 fully saturated rings. The highest BCUT2D eigenvalue weighted by Gasteiger charge is 2.28. The summed E-state index contributed by atoms with van der Waals surface area (Å²) in [6.07, 6.45) is -1.03. The van der Waals surface area contributed by atoms with Crippen LogP contribution in [0.1, 0.15) is 30.1 Å². The van der Waals surface area contributed by atoms with E-state index in [4.69, 9.17) is 4.74 Å². The van der Waals surface area contributed by atoms with E-state index in [1.54, 1.807) is 19.9 Å². The minimum Gasteiger partial charge on any atom is -0.483 e.